The Labute approximate surface area is 218 Å². The van der Waals surface area contributed by atoms with Crippen LogP contribution >= 0.6 is 11.3 Å². The van der Waals surface area contributed by atoms with Gasteiger partial charge in [-0.3, -0.25) is 9.29 Å². The summed E-state index contributed by atoms with van der Waals surface area (Å²) in [4.78, 5) is 13.0. The van der Waals surface area contributed by atoms with E-state index < -0.39 is 21.4 Å². The largest absolute Gasteiger partial charge is 0.494 e. The fourth-order valence-corrected chi connectivity index (χ4v) is 5.55. The van der Waals surface area contributed by atoms with Crippen LogP contribution in [0.5, 0.6) is 11.5 Å². The predicted molar refractivity (Wildman–Crippen MR) is 139 cm³/mol. The third-order valence-corrected chi connectivity index (χ3v) is 8.21. The Morgan fingerprint density at radius 3 is 2.22 bits per heavy atom. The molecule has 0 aliphatic heterocycles. The Kier molecular flexibility index (Phi) is 7.71. The zero-order valence-electron chi connectivity index (χ0n) is 21.2. The summed E-state index contributed by atoms with van der Waals surface area (Å²) in [6.45, 7) is 5.21. The first-order valence-electron chi connectivity index (χ1n) is 11.1. The van der Waals surface area contributed by atoms with Gasteiger partial charge in [0.2, 0.25) is 16.0 Å². The first-order valence-corrected chi connectivity index (χ1v) is 13.5. The second-order valence-corrected chi connectivity index (χ2v) is 11.0. The number of methoxy groups -OCH3 is 3. The van der Waals surface area contributed by atoms with Gasteiger partial charge in [0.1, 0.15) is 28.5 Å². The SMILES string of the molecule is COc1cccc(OC)c1-n1c(NS(=O)(=O)[C@@H](C)[C@@H](OC)c2ncc(C)cn2)nnc1-c1nc(C)cs1. The summed E-state index contributed by atoms with van der Waals surface area (Å²) in [5, 5.41) is 9.76. The van der Waals surface area contributed by atoms with E-state index >= 15 is 0 Å². The van der Waals surface area contributed by atoms with Gasteiger partial charge in [-0.1, -0.05) is 6.07 Å². The van der Waals surface area contributed by atoms with Crippen LogP contribution in [0, 0.1) is 13.8 Å². The molecule has 0 aliphatic rings. The average Bonchev–Trinajstić information content (AvgIpc) is 3.50. The molecule has 0 spiro atoms. The second-order valence-electron chi connectivity index (χ2n) is 8.11. The summed E-state index contributed by atoms with van der Waals surface area (Å²) < 4.78 is 47.9. The molecule has 0 radical (unpaired) electrons. The molecule has 3 aromatic heterocycles. The molecule has 0 unspecified atom stereocenters. The molecule has 0 amide bonds. The number of ether oxygens (including phenoxy) is 3. The normalized spacial score (nSPS) is 13.2. The van der Waals surface area contributed by atoms with Crippen LogP contribution in [0.3, 0.4) is 0 Å². The van der Waals surface area contributed by atoms with Crippen molar-refractivity contribution in [1.82, 2.24) is 29.7 Å². The maximum atomic E-state index is 13.6. The van der Waals surface area contributed by atoms with Crippen molar-refractivity contribution in [3.63, 3.8) is 0 Å². The second kappa shape index (κ2) is 10.8. The third-order valence-electron chi connectivity index (χ3n) is 5.56. The van der Waals surface area contributed by atoms with E-state index in [0.717, 1.165) is 11.3 Å². The number of sulfonamides is 1. The number of hydrogen-bond donors (Lipinski definition) is 1. The van der Waals surface area contributed by atoms with Crippen LogP contribution in [0.2, 0.25) is 0 Å². The van der Waals surface area contributed by atoms with Crippen molar-refractivity contribution in [2.75, 3.05) is 26.1 Å². The van der Waals surface area contributed by atoms with Crippen LogP contribution in [0.4, 0.5) is 5.95 Å². The van der Waals surface area contributed by atoms with Crippen LogP contribution < -0.4 is 14.2 Å². The fourth-order valence-electron chi connectivity index (χ4n) is 3.65. The van der Waals surface area contributed by atoms with Gasteiger partial charge in [0.15, 0.2) is 16.7 Å². The molecule has 2 atom stereocenters. The molecule has 4 aromatic rings. The van der Waals surface area contributed by atoms with Crippen molar-refractivity contribution in [3.05, 3.63) is 53.1 Å². The third kappa shape index (κ3) is 5.26. The molecular weight excluding hydrogens is 518 g/mol. The van der Waals surface area contributed by atoms with E-state index in [1.54, 1.807) is 30.6 Å². The number of anilines is 1. The number of thiazole rings is 1. The van der Waals surface area contributed by atoms with Crippen LogP contribution in [-0.2, 0) is 14.8 Å². The van der Waals surface area contributed by atoms with E-state index in [-0.39, 0.29) is 11.8 Å². The molecule has 0 saturated heterocycles. The average molecular weight is 546 g/mol. The van der Waals surface area contributed by atoms with Gasteiger partial charge in [0, 0.05) is 30.6 Å². The Hall–Kier alpha value is -3.62. The zero-order chi connectivity index (χ0) is 26.7. The van der Waals surface area contributed by atoms with Gasteiger partial charge in [-0.15, -0.1) is 21.5 Å². The molecule has 3 heterocycles. The van der Waals surface area contributed by atoms with Crippen molar-refractivity contribution < 1.29 is 22.6 Å². The number of hydrogen-bond acceptors (Lipinski definition) is 11. The Balaban J connectivity index is 1.82. The molecule has 4 rings (SSSR count). The molecule has 37 heavy (non-hydrogen) atoms. The number of para-hydroxylation sites is 1. The lowest BCUT2D eigenvalue weighted by atomic mass is 10.2. The van der Waals surface area contributed by atoms with E-state index in [2.05, 4.69) is 29.9 Å². The number of benzene rings is 1. The molecule has 196 valence electrons. The topological polar surface area (TPSA) is 143 Å². The van der Waals surface area contributed by atoms with E-state index in [1.807, 2.05) is 19.2 Å². The van der Waals surface area contributed by atoms with Crippen molar-refractivity contribution in [1.29, 1.82) is 0 Å². The quantitative estimate of drug-likeness (QED) is 0.315. The number of rotatable bonds is 10. The number of aromatic nitrogens is 6. The van der Waals surface area contributed by atoms with Gasteiger partial charge in [0.05, 0.1) is 14.2 Å². The highest BCUT2D eigenvalue weighted by Gasteiger charge is 2.35. The molecule has 14 heteroatoms. The highest BCUT2D eigenvalue weighted by Crippen LogP contribution is 2.38. The summed E-state index contributed by atoms with van der Waals surface area (Å²) in [5.74, 6) is 1.33. The Morgan fingerprint density at radius 1 is 1.03 bits per heavy atom. The van der Waals surface area contributed by atoms with Crippen molar-refractivity contribution >= 4 is 27.3 Å². The van der Waals surface area contributed by atoms with Crippen LogP contribution in [0.1, 0.15) is 30.1 Å². The minimum atomic E-state index is -4.09. The smallest absolute Gasteiger partial charge is 0.243 e. The van der Waals surface area contributed by atoms with Gasteiger partial charge in [-0.2, -0.15) is 0 Å². The van der Waals surface area contributed by atoms with Gasteiger partial charge < -0.3 is 14.2 Å². The van der Waals surface area contributed by atoms with Gasteiger partial charge >= 0.3 is 0 Å². The Morgan fingerprint density at radius 2 is 1.68 bits per heavy atom. The zero-order valence-corrected chi connectivity index (χ0v) is 22.8. The first-order chi connectivity index (χ1) is 17.7. The minimum absolute atomic E-state index is 0.0721. The molecule has 0 bridgehead atoms. The van der Waals surface area contributed by atoms with Crippen molar-refractivity contribution in [3.8, 4) is 28.0 Å². The first kappa shape index (κ1) is 26.4. The summed E-state index contributed by atoms with van der Waals surface area (Å²) in [7, 11) is 0.327. The highest BCUT2D eigenvalue weighted by molar-refractivity contribution is 7.93. The molecule has 12 nitrogen and oxygen atoms in total. The van der Waals surface area contributed by atoms with E-state index in [4.69, 9.17) is 14.2 Å². The maximum absolute atomic E-state index is 13.6. The van der Waals surface area contributed by atoms with Crippen molar-refractivity contribution in [2.45, 2.75) is 32.1 Å². The Bertz CT molecular complexity index is 1460. The molecule has 0 aliphatic carbocycles. The maximum Gasteiger partial charge on any atom is 0.243 e. The number of nitrogens with zero attached hydrogens (tertiary/aromatic N) is 6. The van der Waals surface area contributed by atoms with Gasteiger partial charge in [-0.05, 0) is 38.5 Å². The van der Waals surface area contributed by atoms with E-state index in [9.17, 15) is 8.42 Å². The van der Waals surface area contributed by atoms with Crippen LogP contribution in [-0.4, -0.2) is 64.7 Å². The summed E-state index contributed by atoms with van der Waals surface area (Å²) in [6, 6.07) is 5.21. The molecule has 0 saturated carbocycles. The standard InChI is InChI=1S/C23H27N7O5S2/c1-13-10-24-20(25-11-13)19(35-6)15(3)37(31,32)29-23-28-27-21(22-26-14(2)12-36-22)30(23)18-16(33-4)8-7-9-17(18)34-5/h7-12,15,19H,1-6H3,(H,28,29)/t15-,19+/m0/s1. The van der Waals surface area contributed by atoms with Crippen molar-refractivity contribution in [2.24, 2.45) is 0 Å². The number of nitrogens with one attached hydrogen (secondary N) is 1. The minimum Gasteiger partial charge on any atom is -0.494 e. The molecule has 1 N–H and O–H groups in total. The lowest BCUT2D eigenvalue weighted by Crippen LogP contribution is -2.33. The number of aryl methyl sites for hydroxylation is 2. The molecule has 0 fully saturated rings. The predicted octanol–water partition coefficient (Wildman–Crippen LogP) is 3.33. The van der Waals surface area contributed by atoms with Gasteiger partial charge in [0.25, 0.3) is 0 Å². The van der Waals surface area contributed by atoms with E-state index in [0.29, 0.717) is 28.0 Å². The lowest BCUT2D eigenvalue weighted by molar-refractivity contribution is 0.0949. The highest BCUT2D eigenvalue weighted by atomic mass is 32.2. The lowest BCUT2D eigenvalue weighted by Gasteiger charge is -2.22. The van der Waals surface area contributed by atoms with Crippen LogP contribution in [0.15, 0.2) is 36.0 Å². The molecular formula is C23H27N7O5S2. The van der Waals surface area contributed by atoms with E-state index in [1.165, 1.54) is 44.2 Å². The molecule has 1 aromatic carbocycles. The van der Waals surface area contributed by atoms with Crippen LogP contribution in [0.25, 0.3) is 16.5 Å². The summed E-state index contributed by atoms with van der Waals surface area (Å²) in [6.07, 6.45) is 2.28. The summed E-state index contributed by atoms with van der Waals surface area (Å²) in [5.41, 5.74) is 2.05. The van der Waals surface area contributed by atoms with Gasteiger partial charge in [-0.25, -0.2) is 23.4 Å². The summed E-state index contributed by atoms with van der Waals surface area (Å²) >= 11 is 1.35. The monoisotopic (exact) mass is 545 g/mol. The fraction of sp³-hybridized carbons (Fsp3) is 0.348.